The molecule has 4 aromatic heterocycles. The van der Waals surface area contributed by atoms with Gasteiger partial charge in [0, 0.05) is 71.2 Å². The largest absolute Gasteiger partial charge is 0.416 e. The molecule has 632 valence electrons. The number of para-hydroxylation sites is 4. The molecule has 16 heteroatoms. The van der Waals surface area contributed by atoms with Crippen molar-refractivity contribution in [1.29, 1.82) is 15.8 Å². The zero-order valence-corrected chi connectivity index (χ0v) is 71.5. The van der Waals surface area contributed by atoms with Crippen molar-refractivity contribution in [3.05, 3.63) is 449 Å². The number of benzene rings is 18. The van der Waals surface area contributed by atoms with E-state index < -0.39 is 23.5 Å². The molecule has 10 nitrogen and oxygen atoms in total. The van der Waals surface area contributed by atoms with Gasteiger partial charge in [-0.3, -0.25) is 0 Å². The molecule has 134 heavy (non-hydrogen) atoms. The number of nitrogens with zero attached hydrogens (tertiary/aromatic N) is 10. The molecule has 0 aliphatic rings. The van der Waals surface area contributed by atoms with Crippen molar-refractivity contribution >= 4 is 104 Å². The summed E-state index contributed by atoms with van der Waals surface area (Å²) in [5.41, 5.74) is 23.4. The minimum absolute atomic E-state index is 0.316. The fourth-order valence-electron chi connectivity index (χ4n) is 19.5. The monoisotopic (exact) mass is 1740 g/mol. The first-order valence-corrected chi connectivity index (χ1v) is 43.1. The second-order valence-corrected chi connectivity index (χ2v) is 33.2. The molecule has 18 aromatic carbocycles. The van der Waals surface area contributed by atoms with E-state index in [1.54, 1.807) is 62.4 Å². The lowest BCUT2D eigenvalue weighted by atomic mass is 9.89. The highest BCUT2D eigenvalue weighted by Gasteiger charge is 2.35. The molecule has 0 saturated heterocycles. The predicted octanol–water partition coefficient (Wildman–Crippen LogP) is 33.0. The highest BCUT2D eigenvalue weighted by Crippen LogP contribution is 2.53. The van der Waals surface area contributed by atoms with E-state index in [0.717, 1.165) is 155 Å². The van der Waals surface area contributed by atoms with Crippen molar-refractivity contribution in [2.75, 3.05) is 0 Å². The summed E-state index contributed by atoms with van der Waals surface area (Å²) in [5, 5.41) is 37.4. The summed E-state index contributed by atoms with van der Waals surface area (Å²) in [5.74, 6) is 0. The van der Waals surface area contributed by atoms with Gasteiger partial charge in [-0.2, -0.15) is 42.1 Å². The van der Waals surface area contributed by atoms with Crippen molar-refractivity contribution in [2.24, 2.45) is 0 Å². The van der Waals surface area contributed by atoms with Crippen LogP contribution in [0, 0.1) is 67.6 Å². The van der Waals surface area contributed by atoms with Crippen LogP contribution in [0.3, 0.4) is 0 Å². The second kappa shape index (κ2) is 33.1. The average molecular weight is 1740 g/mol. The molecule has 4 heterocycles. The third-order valence-corrected chi connectivity index (χ3v) is 25.3. The summed E-state index contributed by atoms with van der Waals surface area (Å²) in [6, 6.07) is 125. The lowest BCUT2D eigenvalue weighted by Crippen LogP contribution is -2.06. The van der Waals surface area contributed by atoms with Crippen LogP contribution in [0.15, 0.2) is 376 Å². The number of aryl methyl sites for hydroxylation is 2. The quantitative estimate of drug-likeness (QED) is 0.0899. The van der Waals surface area contributed by atoms with Crippen molar-refractivity contribution in [1.82, 2.24) is 18.3 Å². The van der Waals surface area contributed by atoms with E-state index in [1.165, 1.54) is 12.1 Å². The fraction of sp³-hybridized carbons (Fsp3) is 0.0339. The number of aromatic nitrogens is 4. The number of hydrogen-bond donors (Lipinski definition) is 0. The Labute approximate surface area is 765 Å². The van der Waals surface area contributed by atoms with E-state index in [0.29, 0.717) is 101 Å². The number of hydrogen-bond acceptors (Lipinski definition) is 3. The van der Waals surface area contributed by atoms with Crippen molar-refractivity contribution in [3.63, 3.8) is 0 Å². The van der Waals surface area contributed by atoms with E-state index in [1.807, 2.05) is 237 Å². The number of fused-ring (bicyclic) bond motifs is 12. The molecular formula is C118H68F6N10. The Morgan fingerprint density at radius 1 is 0.246 bits per heavy atom. The van der Waals surface area contributed by atoms with Crippen molar-refractivity contribution in [2.45, 2.75) is 26.2 Å². The Bertz CT molecular complexity index is 9000. The van der Waals surface area contributed by atoms with Gasteiger partial charge in [-0.05, 0) is 255 Å². The first-order valence-electron chi connectivity index (χ1n) is 43.1. The van der Waals surface area contributed by atoms with Gasteiger partial charge in [0.2, 0.25) is 0 Å². The Morgan fingerprint density at radius 3 is 1.07 bits per heavy atom. The van der Waals surface area contributed by atoms with Crippen molar-refractivity contribution in [3.8, 4) is 130 Å². The van der Waals surface area contributed by atoms with Gasteiger partial charge in [0.25, 0.3) is 0 Å². The molecule has 0 unspecified atom stereocenters. The Hall–Kier alpha value is -18.3. The summed E-state index contributed by atoms with van der Waals surface area (Å²) in [4.78, 5) is 12.0. The highest BCUT2D eigenvalue weighted by molar-refractivity contribution is 6.17. The summed E-state index contributed by atoms with van der Waals surface area (Å²) in [6.07, 6.45) is -9.16. The zero-order chi connectivity index (χ0) is 92.0. The standard InChI is InChI=1S/2C59H34F3N5/c1-36-27-43(30-44(28-36)59(60,61)62)42-23-26-56(66-52-18-6-4-15-46(52)48-33-41(22-24-54(48)66)39-13-9-14-45(31-39)64-2)50(34-42)58-51(65-3)17-10-20-57(58)67-53-19-7-5-16-47(53)49-32-40(21-25-55(49)67)38-12-8-11-37(29-38)35-63;1-36-29-41(31-42(30-36)59(60,61)62)45-19-11-23-55(66-51-21-9-7-17-46(51)48-32-37(25-27-53(48)66)43-15-5-3-13-39(43)34-63)57(45)58-50(65-2)20-12-24-56(58)67-52-22-10-8-18-47(52)49-33-38(26-28-54(49)67)44-16-6-4-14-40(44)35-64/h4-34H,1H3;3-33H,1H3. The molecule has 0 saturated carbocycles. The molecule has 0 bridgehead atoms. The van der Waals surface area contributed by atoms with E-state index in [2.05, 4.69) is 118 Å². The zero-order valence-electron chi connectivity index (χ0n) is 71.5. The van der Waals surface area contributed by atoms with Gasteiger partial charge >= 0.3 is 12.4 Å². The molecule has 0 aliphatic carbocycles. The minimum atomic E-state index is -4.61. The van der Waals surface area contributed by atoms with Gasteiger partial charge in [0.1, 0.15) is 0 Å². The van der Waals surface area contributed by atoms with E-state index in [9.17, 15) is 42.1 Å². The molecule has 0 amide bonds. The van der Waals surface area contributed by atoms with Crippen LogP contribution in [0.4, 0.5) is 43.4 Å². The second-order valence-electron chi connectivity index (χ2n) is 33.2. The lowest BCUT2D eigenvalue weighted by Gasteiger charge is -2.23. The van der Waals surface area contributed by atoms with Gasteiger partial charge in [0.15, 0.2) is 17.1 Å². The summed E-state index contributed by atoms with van der Waals surface area (Å²) >= 11 is 0. The van der Waals surface area contributed by atoms with Gasteiger partial charge < -0.3 is 18.3 Å². The summed E-state index contributed by atoms with van der Waals surface area (Å²) < 4.78 is 95.9. The van der Waals surface area contributed by atoms with Crippen molar-refractivity contribution < 1.29 is 26.3 Å². The van der Waals surface area contributed by atoms with Crippen LogP contribution in [-0.4, -0.2) is 18.3 Å². The third-order valence-electron chi connectivity index (χ3n) is 25.3. The number of halogens is 6. The Kier molecular flexibility index (Phi) is 20.4. The maximum absolute atomic E-state index is 14.7. The molecule has 0 aliphatic heterocycles. The number of alkyl halides is 6. The van der Waals surface area contributed by atoms with Crippen LogP contribution in [0.2, 0.25) is 0 Å². The van der Waals surface area contributed by atoms with Gasteiger partial charge in [-0.15, -0.1) is 0 Å². The van der Waals surface area contributed by atoms with Crippen LogP contribution in [0.5, 0.6) is 0 Å². The van der Waals surface area contributed by atoms with E-state index in [4.69, 9.17) is 19.7 Å². The Balaban J connectivity index is 0.000000161. The summed E-state index contributed by atoms with van der Waals surface area (Å²) in [7, 11) is 0. The van der Waals surface area contributed by atoms with E-state index >= 15 is 0 Å². The molecule has 0 radical (unpaired) electrons. The average Bonchev–Trinajstić information content (AvgIpc) is 1.52. The van der Waals surface area contributed by atoms with Gasteiger partial charge in [0.05, 0.1) is 121 Å². The van der Waals surface area contributed by atoms with Gasteiger partial charge in [-0.1, -0.05) is 218 Å². The molecule has 0 atom stereocenters. The summed E-state index contributed by atoms with van der Waals surface area (Å²) in [6.45, 7) is 28.3. The first-order chi connectivity index (χ1) is 65.3. The highest BCUT2D eigenvalue weighted by atomic mass is 19.4. The van der Waals surface area contributed by atoms with E-state index in [-0.39, 0.29) is 0 Å². The van der Waals surface area contributed by atoms with Crippen LogP contribution < -0.4 is 0 Å². The minimum Gasteiger partial charge on any atom is -0.310 e. The molecule has 0 fully saturated rings. The van der Waals surface area contributed by atoms with Crippen LogP contribution >= 0.6 is 0 Å². The maximum atomic E-state index is 14.7. The third kappa shape index (κ3) is 14.2. The maximum Gasteiger partial charge on any atom is 0.416 e. The van der Waals surface area contributed by atoms with Gasteiger partial charge in [-0.25, -0.2) is 14.5 Å². The predicted molar refractivity (Wildman–Crippen MR) is 526 cm³/mol. The number of rotatable bonds is 12. The SMILES string of the molecule is [C-]#[N+]c1cccc(-c2ccc3c(c2)c2ccccc2n3-c2ccc(-c3cc(C)cc(C(F)(F)F)c3)cc2-c2c([N+]#[C-])cccc2-n2c3ccccc3c3cc(-c4cccc(C#N)c4)ccc32)c1.[C-]#[N+]c1cccc(-n2c3ccccc3c3cc(-c4ccccc4C#N)ccc32)c1-c1c(-c2cc(C)cc(C(F)(F)F)c2)cccc1-n1c2ccccc2c2cc(-c3ccccc3C#N)ccc21. The van der Waals surface area contributed by atoms with Crippen LogP contribution in [-0.2, 0) is 12.4 Å². The van der Waals surface area contributed by atoms with Crippen LogP contribution in [0.25, 0.3) is 214 Å². The molecule has 0 N–H and O–H groups in total. The molecule has 22 rings (SSSR count). The number of nitriles is 3. The fourth-order valence-corrected chi connectivity index (χ4v) is 19.5. The first kappa shape index (κ1) is 82.6. The Morgan fingerprint density at radius 2 is 0.604 bits per heavy atom. The van der Waals surface area contributed by atoms with Crippen LogP contribution in [0.1, 0.15) is 38.9 Å². The topological polar surface area (TPSA) is 104 Å². The normalized spacial score (nSPS) is 11.5. The smallest absolute Gasteiger partial charge is 0.310 e. The lowest BCUT2D eigenvalue weighted by molar-refractivity contribution is -0.138. The molecule has 22 aromatic rings. The molecule has 0 spiro atoms. The molecular weight excluding hydrogens is 1670 g/mol.